The molecule has 2 N–H and O–H groups in total. The molecule has 1 aliphatic rings. The molecule has 2 rings (SSSR count). The molecule has 1 saturated carbocycles. The monoisotopic (exact) mass is 289 g/mol. The van der Waals surface area contributed by atoms with Crippen LogP contribution in [0.15, 0.2) is 12.3 Å². The summed E-state index contributed by atoms with van der Waals surface area (Å²) in [5, 5.41) is 6.42. The van der Waals surface area contributed by atoms with Gasteiger partial charge < -0.3 is 10.6 Å². The van der Waals surface area contributed by atoms with E-state index < -0.39 is 0 Å². The van der Waals surface area contributed by atoms with E-state index in [1.807, 2.05) is 19.9 Å². The largest absolute Gasteiger partial charge is 0.385 e. The van der Waals surface area contributed by atoms with E-state index in [1.54, 1.807) is 6.20 Å². The molecular formula is C17H27N3O. The molecule has 4 heteroatoms. The second kappa shape index (κ2) is 7.43. The Morgan fingerprint density at radius 3 is 2.76 bits per heavy atom. The van der Waals surface area contributed by atoms with Gasteiger partial charge in [-0.2, -0.15) is 0 Å². The average molecular weight is 289 g/mol. The molecule has 116 valence electrons. The highest BCUT2D eigenvalue weighted by atomic mass is 16.1. The minimum Gasteiger partial charge on any atom is -0.385 e. The van der Waals surface area contributed by atoms with Crippen molar-refractivity contribution in [3.8, 4) is 0 Å². The lowest BCUT2D eigenvalue weighted by Crippen LogP contribution is -2.39. The molecular weight excluding hydrogens is 262 g/mol. The van der Waals surface area contributed by atoms with Gasteiger partial charge in [0.15, 0.2) is 0 Å². The summed E-state index contributed by atoms with van der Waals surface area (Å²) in [5.74, 6) is 0.597. The van der Waals surface area contributed by atoms with Gasteiger partial charge in [-0.3, -0.25) is 9.78 Å². The Labute approximate surface area is 127 Å². The minimum atomic E-state index is -0.0171. The van der Waals surface area contributed by atoms with Crippen LogP contribution in [0.4, 0.5) is 5.69 Å². The predicted molar refractivity (Wildman–Crippen MR) is 86.6 cm³/mol. The lowest BCUT2D eigenvalue weighted by atomic mass is 9.84. The third-order valence-corrected chi connectivity index (χ3v) is 4.37. The molecule has 1 unspecified atom stereocenters. The van der Waals surface area contributed by atoms with Crippen LogP contribution in [0.3, 0.4) is 0 Å². The van der Waals surface area contributed by atoms with E-state index in [4.69, 9.17) is 0 Å². The molecule has 1 amide bonds. The molecule has 0 aliphatic heterocycles. The van der Waals surface area contributed by atoms with Gasteiger partial charge in [0, 0.05) is 24.5 Å². The molecule has 1 aromatic heterocycles. The quantitative estimate of drug-likeness (QED) is 0.872. The summed E-state index contributed by atoms with van der Waals surface area (Å²) in [6.07, 6.45) is 8.06. The maximum atomic E-state index is 12.5. The van der Waals surface area contributed by atoms with Gasteiger partial charge in [-0.05, 0) is 45.6 Å². The number of amides is 1. The highest BCUT2D eigenvalue weighted by molar-refractivity contribution is 5.99. The first kappa shape index (κ1) is 15.8. The second-order valence-electron chi connectivity index (χ2n) is 6.06. The first-order valence-corrected chi connectivity index (χ1v) is 8.13. The van der Waals surface area contributed by atoms with E-state index in [-0.39, 0.29) is 11.9 Å². The van der Waals surface area contributed by atoms with Crippen molar-refractivity contribution in [1.82, 2.24) is 10.3 Å². The molecule has 1 atom stereocenters. The zero-order chi connectivity index (χ0) is 15.2. The van der Waals surface area contributed by atoms with E-state index >= 15 is 0 Å². The molecule has 0 saturated heterocycles. The highest BCUT2D eigenvalue weighted by Crippen LogP contribution is 2.26. The van der Waals surface area contributed by atoms with Gasteiger partial charge in [0.1, 0.15) is 0 Å². The van der Waals surface area contributed by atoms with Crippen LogP contribution in [0, 0.1) is 12.8 Å². The fourth-order valence-electron chi connectivity index (χ4n) is 3.11. The summed E-state index contributed by atoms with van der Waals surface area (Å²) in [6, 6.07) is 2.16. The van der Waals surface area contributed by atoms with Crippen LogP contribution >= 0.6 is 0 Å². The number of nitrogens with zero attached hydrogens (tertiary/aromatic N) is 1. The first-order chi connectivity index (χ1) is 10.1. The number of pyridine rings is 1. The number of rotatable bonds is 5. The zero-order valence-corrected chi connectivity index (χ0v) is 13.4. The van der Waals surface area contributed by atoms with E-state index in [2.05, 4.69) is 22.5 Å². The van der Waals surface area contributed by atoms with E-state index in [9.17, 15) is 4.79 Å². The topological polar surface area (TPSA) is 54.0 Å². The summed E-state index contributed by atoms with van der Waals surface area (Å²) >= 11 is 0. The lowest BCUT2D eigenvalue weighted by molar-refractivity contribution is 0.0919. The van der Waals surface area contributed by atoms with Crippen molar-refractivity contribution >= 4 is 11.6 Å². The SMILES string of the molecule is CCNc1cc(C)ncc1C(=O)NC(C)C1CCCCC1. The molecule has 1 fully saturated rings. The van der Waals surface area contributed by atoms with Crippen LogP contribution < -0.4 is 10.6 Å². The standard InChI is InChI=1S/C17H27N3O/c1-4-18-16-10-12(2)19-11-15(16)17(21)20-13(3)14-8-6-5-7-9-14/h10-11,13-14H,4-9H2,1-3H3,(H,18,19)(H,20,21). The summed E-state index contributed by atoms with van der Waals surface area (Å²) in [5.41, 5.74) is 2.44. The van der Waals surface area contributed by atoms with Gasteiger partial charge >= 0.3 is 0 Å². The van der Waals surface area contributed by atoms with Gasteiger partial charge in [0.2, 0.25) is 0 Å². The molecule has 0 spiro atoms. The van der Waals surface area contributed by atoms with E-state index in [0.717, 1.165) is 17.9 Å². The highest BCUT2D eigenvalue weighted by Gasteiger charge is 2.22. The number of hydrogen-bond donors (Lipinski definition) is 2. The molecule has 4 nitrogen and oxygen atoms in total. The van der Waals surface area contributed by atoms with Crippen molar-refractivity contribution in [3.63, 3.8) is 0 Å². The van der Waals surface area contributed by atoms with Crippen LogP contribution in [0.1, 0.15) is 62.0 Å². The second-order valence-corrected chi connectivity index (χ2v) is 6.06. The van der Waals surface area contributed by atoms with Crippen LogP contribution in [0.25, 0.3) is 0 Å². The Balaban J connectivity index is 2.05. The van der Waals surface area contributed by atoms with Crippen molar-refractivity contribution in [2.24, 2.45) is 5.92 Å². The molecule has 0 bridgehead atoms. The lowest BCUT2D eigenvalue weighted by Gasteiger charge is -2.28. The molecule has 0 aromatic carbocycles. The Kier molecular flexibility index (Phi) is 5.59. The number of carbonyl (C=O) groups excluding carboxylic acids is 1. The average Bonchev–Trinajstić information content (AvgIpc) is 2.48. The summed E-state index contributed by atoms with van der Waals surface area (Å²) < 4.78 is 0. The third kappa shape index (κ3) is 4.19. The summed E-state index contributed by atoms with van der Waals surface area (Å²) in [7, 11) is 0. The van der Waals surface area contributed by atoms with Gasteiger partial charge in [0.25, 0.3) is 5.91 Å². The van der Waals surface area contributed by atoms with Crippen LogP contribution in [0.2, 0.25) is 0 Å². The Morgan fingerprint density at radius 2 is 2.10 bits per heavy atom. The summed E-state index contributed by atoms with van der Waals surface area (Å²) in [6.45, 7) is 6.89. The Hall–Kier alpha value is -1.58. The number of anilines is 1. The molecule has 21 heavy (non-hydrogen) atoms. The zero-order valence-electron chi connectivity index (χ0n) is 13.4. The van der Waals surface area contributed by atoms with Crippen LogP contribution in [-0.4, -0.2) is 23.5 Å². The van der Waals surface area contributed by atoms with Crippen molar-refractivity contribution < 1.29 is 4.79 Å². The van der Waals surface area contributed by atoms with Crippen molar-refractivity contribution in [3.05, 3.63) is 23.5 Å². The van der Waals surface area contributed by atoms with Crippen molar-refractivity contribution in [2.45, 2.75) is 58.9 Å². The van der Waals surface area contributed by atoms with Gasteiger partial charge in [-0.15, -0.1) is 0 Å². The first-order valence-electron chi connectivity index (χ1n) is 8.13. The smallest absolute Gasteiger partial charge is 0.255 e. The normalized spacial score (nSPS) is 17.3. The molecule has 1 aliphatic carbocycles. The fourth-order valence-corrected chi connectivity index (χ4v) is 3.11. The van der Waals surface area contributed by atoms with Crippen LogP contribution in [0.5, 0.6) is 0 Å². The predicted octanol–water partition coefficient (Wildman–Crippen LogP) is 3.52. The maximum absolute atomic E-state index is 12.5. The Morgan fingerprint density at radius 1 is 1.38 bits per heavy atom. The van der Waals surface area contributed by atoms with E-state index in [0.29, 0.717) is 11.5 Å². The molecule has 1 aromatic rings. The number of aryl methyl sites for hydroxylation is 1. The van der Waals surface area contributed by atoms with Gasteiger partial charge in [0.05, 0.1) is 11.3 Å². The molecule has 1 heterocycles. The number of hydrogen-bond acceptors (Lipinski definition) is 3. The number of carbonyl (C=O) groups is 1. The summed E-state index contributed by atoms with van der Waals surface area (Å²) in [4.78, 5) is 16.8. The Bertz CT molecular complexity index is 481. The number of nitrogens with one attached hydrogen (secondary N) is 2. The van der Waals surface area contributed by atoms with Gasteiger partial charge in [-0.1, -0.05) is 19.3 Å². The van der Waals surface area contributed by atoms with E-state index in [1.165, 1.54) is 32.1 Å². The maximum Gasteiger partial charge on any atom is 0.255 e. The fraction of sp³-hybridized carbons (Fsp3) is 0.647. The van der Waals surface area contributed by atoms with Gasteiger partial charge in [-0.25, -0.2) is 0 Å². The van der Waals surface area contributed by atoms with Crippen molar-refractivity contribution in [1.29, 1.82) is 0 Å². The van der Waals surface area contributed by atoms with Crippen LogP contribution in [-0.2, 0) is 0 Å². The van der Waals surface area contributed by atoms with Crippen molar-refractivity contribution in [2.75, 3.05) is 11.9 Å². The number of aromatic nitrogens is 1. The third-order valence-electron chi connectivity index (χ3n) is 4.37. The molecule has 0 radical (unpaired) electrons. The minimum absolute atomic E-state index is 0.0171.